The largest absolute Gasteiger partial charge is 0.476 e. The second-order valence-corrected chi connectivity index (χ2v) is 5.71. The zero-order valence-corrected chi connectivity index (χ0v) is 14.5. The number of rotatable bonds is 6. The van der Waals surface area contributed by atoms with E-state index in [4.69, 9.17) is 20.9 Å². The Labute approximate surface area is 158 Å². The molecule has 146 valence electrons. The molecule has 0 aliphatic rings. The van der Waals surface area contributed by atoms with E-state index in [-0.39, 0.29) is 29.9 Å². The van der Waals surface area contributed by atoms with Gasteiger partial charge < -0.3 is 20.9 Å². The third-order valence-corrected chi connectivity index (χ3v) is 3.69. The van der Waals surface area contributed by atoms with Crippen LogP contribution in [0.4, 0.5) is 24.7 Å². The number of pyridine rings is 1. The van der Waals surface area contributed by atoms with E-state index in [0.717, 1.165) is 23.9 Å². The predicted molar refractivity (Wildman–Crippen MR) is 95.8 cm³/mol. The summed E-state index contributed by atoms with van der Waals surface area (Å²) in [7, 11) is 0. The minimum Gasteiger partial charge on any atom is -0.476 e. The maximum Gasteiger partial charge on any atom is 0.416 e. The number of hydrogen-bond donors (Lipinski definition) is 2. The van der Waals surface area contributed by atoms with E-state index in [1.807, 2.05) is 6.07 Å². The summed E-state index contributed by atoms with van der Waals surface area (Å²) in [6.07, 6.45) is -1.69. The van der Waals surface area contributed by atoms with Crippen LogP contribution >= 0.6 is 0 Å². The van der Waals surface area contributed by atoms with Gasteiger partial charge in [0.15, 0.2) is 5.82 Å². The van der Waals surface area contributed by atoms with Crippen molar-refractivity contribution in [3.05, 3.63) is 60.0 Å². The number of nitrogens with zero attached hydrogens (tertiary/aromatic N) is 3. The Kier molecular flexibility index (Phi) is 5.48. The molecule has 0 aliphatic heterocycles. The van der Waals surface area contributed by atoms with E-state index < -0.39 is 11.7 Å². The zero-order valence-electron chi connectivity index (χ0n) is 14.5. The summed E-state index contributed by atoms with van der Waals surface area (Å²) in [5.41, 5.74) is 11.5. The number of ether oxygens (including phenoxy) is 2. The smallest absolute Gasteiger partial charge is 0.416 e. The molecule has 0 saturated carbocycles. The second-order valence-electron chi connectivity index (χ2n) is 5.71. The lowest BCUT2D eigenvalue weighted by Gasteiger charge is -2.11. The summed E-state index contributed by atoms with van der Waals surface area (Å²) in [6, 6.07) is 8.57. The Bertz CT molecular complexity index is 966. The van der Waals surface area contributed by atoms with Crippen LogP contribution in [0.3, 0.4) is 0 Å². The molecule has 0 aliphatic carbocycles. The molecule has 0 fully saturated rings. The highest BCUT2D eigenvalue weighted by Crippen LogP contribution is 2.31. The first kappa shape index (κ1) is 19.2. The van der Waals surface area contributed by atoms with Crippen LogP contribution in [0.1, 0.15) is 11.1 Å². The fourth-order valence-electron chi connectivity index (χ4n) is 2.30. The van der Waals surface area contributed by atoms with Gasteiger partial charge in [0.05, 0.1) is 12.2 Å². The molecule has 10 heteroatoms. The van der Waals surface area contributed by atoms with Crippen molar-refractivity contribution < 1.29 is 22.6 Å². The van der Waals surface area contributed by atoms with Gasteiger partial charge in [0.25, 0.3) is 0 Å². The van der Waals surface area contributed by atoms with Crippen molar-refractivity contribution in [1.29, 1.82) is 0 Å². The summed E-state index contributed by atoms with van der Waals surface area (Å²) in [5, 5.41) is 0. The monoisotopic (exact) mass is 391 g/mol. The number of aromatic nitrogens is 3. The number of nitrogen functional groups attached to an aromatic ring is 2. The number of alkyl halides is 3. The highest BCUT2D eigenvalue weighted by Gasteiger charge is 2.31. The van der Waals surface area contributed by atoms with Crippen LogP contribution in [-0.2, 0) is 12.6 Å². The highest BCUT2D eigenvalue weighted by molar-refractivity contribution is 5.63. The third-order valence-electron chi connectivity index (χ3n) is 3.69. The predicted octanol–water partition coefficient (Wildman–Crippen LogP) is 3.47. The molecule has 0 bridgehead atoms. The highest BCUT2D eigenvalue weighted by atomic mass is 19.4. The Balaban J connectivity index is 1.63. The van der Waals surface area contributed by atoms with Gasteiger partial charge in [0.1, 0.15) is 17.8 Å². The van der Waals surface area contributed by atoms with E-state index in [2.05, 4.69) is 15.0 Å². The number of halogens is 3. The van der Waals surface area contributed by atoms with E-state index in [1.165, 1.54) is 6.33 Å². The molecule has 0 saturated heterocycles. The molecular formula is C18H16F3N5O2. The summed E-state index contributed by atoms with van der Waals surface area (Å²) >= 11 is 0. The molecule has 4 N–H and O–H groups in total. The maximum absolute atomic E-state index is 12.8. The topological polar surface area (TPSA) is 109 Å². The maximum atomic E-state index is 12.8. The molecule has 2 aromatic heterocycles. The van der Waals surface area contributed by atoms with Crippen molar-refractivity contribution in [3.63, 3.8) is 0 Å². The first-order valence-corrected chi connectivity index (χ1v) is 8.12. The van der Waals surface area contributed by atoms with Crippen molar-refractivity contribution in [2.45, 2.75) is 12.6 Å². The fraction of sp³-hybridized carbons (Fsp3) is 0.167. The summed E-state index contributed by atoms with van der Waals surface area (Å²) < 4.78 is 49.3. The third kappa shape index (κ3) is 4.78. The van der Waals surface area contributed by atoms with Crippen LogP contribution in [0.5, 0.6) is 17.5 Å². The molecule has 0 spiro atoms. The average Bonchev–Trinajstić information content (AvgIpc) is 2.65. The number of benzene rings is 1. The van der Waals surface area contributed by atoms with Crippen molar-refractivity contribution in [1.82, 2.24) is 15.0 Å². The van der Waals surface area contributed by atoms with Gasteiger partial charge >= 0.3 is 6.18 Å². The van der Waals surface area contributed by atoms with Crippen molar-refractivity contribution in [3.8, 4) is 17.5 Å². The lowest BCUT2D eigenvalue weighted by atomic mass is 10.1. The number of anilines is 2. The van der Waals surface area contributed by atoms with E-state index in [9.17, 15) is 13.2 Å². The molecule has 3 rings (SSSR count). The minimum absolute atomic E-state index is 0.133. The Morgan fingerprint density at radius 3 is 2.61 bits per heavy atom. The van der Waals surface area contributed by atoms with Gasteiger partial charge in [-0.3, -0.25) is 0 Å². The van der Waals surface area contributed by atoms with Crippen LogP contribution in [-0.4, -0.2) is 21.6 Å². The normalized spacial score (nSPS) is 11.2. The summed E-state index contributed by atoms with van der Waals surface area (Å²) in [4.78, 5) is 11.5. The van der Waals surface area contributed by atoms with Gasteiger partial charge in [-0.05, 0) is 23.8 Å². The van der Waals surface area contributed by atoms with Gasteiger partial charge in [0.2, 0.25) is 11.8 Å². The Morgan fingerprint density at radius 2 is 1.82 bits per heavy atom. The van der Waals surface area contributed by atoms with Crippen LogP contribution in [0.2, 0.25) is 0 Å². The van der Waals surface area contributed by atoms with Crippen molar-refractivity contribution in [2.24, 2.45) is 0 Å². The molecule has 1 aromatic carbocycles. The summed E-state index contributed by atoms with van der Waals surface area (Å²) in [5.74, 6) is 0.532. The molecule has 28 heavy (non-hydrogen) atoms. The molecule has 0 atom stereocenters. The van der Waals surface area contributed by atoms with Gasteiger partial charge in [-0.15, -0.1) is 0 Å². The van der Waals surface area contributed by atoms with Crippen LogP contribution in [0.15, 0.2) is 48.9 Å². The number of nitrogens with two attached hydrogens (primary N) is 2. The number of hydrogen-bond acceptors (Lipinski definition) is 7. The van der Waals surface area contributed by atoms with E-state index >= 15 is 0 Å². The molecule has 0 unspecified atom stereocenters. The minimum atomic E-state index is -4.47. The zero-order chi connectivity index (χ0) is 20.1. The Hall–Kier alpha value is -3.56. The molecule has 3 aromatic rings. The first-order chi connectivity index (χ1) is 13.3. The second kappa shape index (κ2) is 7.99. The van der Waals surface area contributed by atoms with E-state index in [0.29, 0.717) is 12.2 Å². The lowest BCUT2D eigenvalue weighted by Crippen LogP contribution is -2.07. The Morgan fingerprint density at radius 1 is 1.00 bits per heavy atom. The van der Waals surface area contributed by atoms with Gasteiger partial charge in [0, 0.05) is 18.7 Å². The van der Waals surface area contributed by atoms with Crippen molar-refractivity contribution >= 4 is 11.5 Å². The van der Waals surface area contributed by atoms with Crippen LogP contribution < -0.4 is 20.9 Å². The standard InChI is InChI=1S/C18H16F3N5O2/c19-18(20,21)12-4-6-24-14(9-12)28-13-3-1-2-11(8-13)5-7-27-17-15(22)16(23)25-10-26-17/h1-4,6,8-10H,5,7,22H2,(H2,23,25,26). The van der Waals surface area contributed by atoms with Crippen molar-refractivity contribution in [2.75, 3.05) is 18.1 Å². The van der Waals surface area contributed by atoms with Gasteiger partial charge in [-0.2, -0.15) is 18.2 Å². The molecule has 7 nitrogen and oxygen atoms in total. The lowest BCUT2D eigenvalue weighted by molar-refractivity contribution is -0.137. The van der Waals surface area contributed by atoms with Gasteiger partial charge in [-0.25, -0.2) is 9.97 Å². The van der Waals surface area contributed by atoms with Gasteiger partial charge in [-0.1, -0.05) is 12.1 Å². The average molecular weight is 391 g/mol. The molecule has 0 radical (unpaired) electrons. The van der Waals surface area contributed by atoms with Crippen LogP contribution in [0, 0.1) is 0 Å². The SMILES string of the molecule is Nc1ncnc(OCCc2cccc(Oc3cc(C(F)(F)F)ccn3)c2)c1N. The quantitative estimate of drug-likeness (QED) is 0.662. The molecule has 2 heterocycles. The first-order valence-electron chi connectivity index (χ1n) is 8.12. The fourth-order valence-corrected chi connectivity index (χ4v) is 2.30. The van der Waals surface area contributed by atoms with Crippen LogP contribution in [0.25, 0.3) is 0 Å². The molecular weight excluding hydrogens is 375 g/mol. The summed E-state index contributed by atoms with van der Waals surface area (Å²) in [6.45, 7) is 0.256. The van der Waals surface area contributed by atoms with E-state index in [1.54, 1.807) is 18.2 Å². The molecule has 0 amide bonds.